The van der Waals surface area contributed by atoms with Crippen LogP contribution in [0.1, 0.15) is 15.4 Å². The van der Waals surface area contributed by atoms with Gasteiger partial charge < -0.3 is 15.0 Å². The van der Waals surface area contributed by atoms with Crippen LogP contribution in [0.15, 0.2) is 42.9 Å². The first-order valence-corrected chi connectivity index (χ1v) is 10.2. The van der Waals surface area contributed by atoms with Crippen molar-refractivity contribution >= 4 is 22.2 Å². The van der Waals surface area contributed by atoms with E-state index >= 15 is 0 Å². The molecule has 3 aromatic heterocycles. The van der Waals surface area contributed by atoms with Gasteiger partial charge >= 0.3 is 0 Å². The Bertz CT molecular complexity index is 931. The number of rotatable bonds is 6. The van der Waals surface area contributed by atoms with E-state index in [4.69, 9.17) is 4.74 Å². The molecule has 1 N–H and O–H groups in total. The van der Waals surface area contributed by atoms with Crippen LogP contribution in [0, 0.1) is 6.92 Å². The highest BCUT2D eigenvalue weighted by molar-refractivity contribution is 7.18. The Morgan fingerprint density at radius 1 is 1.21 bits per heavy atom. The van der Waals surface area contributed by atoms with E-state index in [0.717, 1.165) is 34.9 Å². The third kappa shape index (κ3) is 4.07. The third-order valence-corrected chi connectivity index (χ3v) is 5.96. The van der Waals surface area contributed by atoms with Crippen molar-refractivity contribution in [1.82, 2.24) is 20.1 Å². The summed E-state index contributed by atoms with van der Waals surface area (Å²) in [5, 5.41) is 8.38. The molecule has 146 valence electrons. The van der Waals surface area contributed by atoms with Crippen LogP contribution in [0.3, 0.4) is 0 Å². The predicted octanol–water partition coefficient (Wildman–Crippen LogP) is 2.58. The van der Waals surface area contributed by atoms with Crippen LogP contribution in [0.4, 0.5) is 5.00 Å². The van der Waals surface area contributed by atoms with Gasteiger partial charge in [-0.05, 0) is 36.8 Å². The van der Waals surface area contributed by atoms with E-state index in [0.29, 0.717) is 31.2 Å². The number of pyridine rings is 1. The minimum atomic E-state index is -0.0513. The second-order valence-corrected chi connectivity index (χ2v) is 7.65. The number of nitrogens with one attached hydrogen (secondary N) is 1. The van der Waals surface area contributed by atoms with Gasteiger partial charge in [0, 0.05) is 49.5 Å². The van der Waals surface area contributed by atoms with Crippen LogP contribution in [-0.2, 0) is 11.3 Å². The van der Waals surface area contributed by atoms with Gasteiger partial charge in [0.25, 0.3) is 5.91 Å². The van der Waals surface area contributed by atoms with Gasteiger partial charge in [-0.3, -0.25) is 14.5 Å². The number of morpholine rings is 1. The summed E-state index contributed by atoms with van der Waals surface area (Å²) in [4.78, 5) is 19.9. The Labute approximate surface area is 168 Å². The van der Waals surface area contributed by atoms with Gasteiger partial charge in [0.1, 0.15) is 0 Å². The van der Waals surface area contributed by atoms with E-state index in [9.17, 15) is 4.79 Å². The average molecular weight is 398 g/mol. The van der Waals surface area contributed by atoms with Crippen molar-refractivity contribution in [3.63, 3.8) is 0 Å². The van der Waals surface area contributed by atoms with E-state index in [1.807, 2.05) is 35.9 Å². The van der Waals surface area contributed by atoms with Crippen molar-refractivity contribution in [3.05, 3.63) is 53.4 Å². The first kappa shape index (κ1) is 18.6. The van der Waals surface area contributed by atoms with Gasteiger partial charge in [-0.25, -0.2) is 0 Å². The molecule has 1 aliphatic rings. The molecule has 1 amide bonds. The highest BCUT2D eigenvalue weighted by Gasteiger charge is 2.21. The Kier molecular flexibility index (Phi) is 5.68. The smallest absolute Gasteiger partial charge is 0.261 e. The van der Waals surface area contributed by atoms with Gasteiger partial charge in [-0.15, -0.1) is 11.3 Å². The Morgan fingerprint density at radius 3 is 2.71 bits per heavy atom. The number of carbonyl (C=O) groups is 1. The SMILES string of the molecule is Cc1ccnn1CCNC(=O)c1cc(-c2ccncc2)c(N2CCOCC2)s1. The van der Waals surface area contributed by atoms with Crippen molar-refractivity contribution in [2.75, 3.05) is 37.7 Å². The molecule has 0 aliphatic carbocycles. The zero-order valence-electron chi connectivity index (χ0n) is 15.8. The number of ether oxygens (including phenoxy) is 1. The van der Waals surface area contributed by atoms with E-state index in [-0.39, 0.29) is 5.91 Å². The molecule has 8 heteroatoms. The molecule has 0 unspecified atom stereocenters. The zero-order chi connectivity index (χ0) is 19.3. The van der Waals surface area contributed by atoms with E-state index in [1.54, 1.807) is 18.6 Å². The van der Waals surface area contributed by atoms with Gasteiger partial charge in [0.15, 0.2) is 0 Å². The van der Waals surface area contributed by atoms with Gasteiger partial charge in [0.05, 0.1) is 29.6 Å². The van der Waals surface area contributed by atoms with Crippen LogP contribution in [-0.4, -0.2) is 53.5 Å². The average Bonchev–Trinajstić information content (AvgIpc) is 3.36. The predicted molar refractivity (Wildman–Crippen MR) is 110 cm³/mol. The number of aryl methyl sites for hydroxylation is 1. The number of hydrogen-bond acceptors (Lipinski definition) is 6. The van der Waals surface area contributed by atoms with Crippen molar-refractivity contribution in [1.29, 1.82) is 0 Å². The number of hydrogen-bond donors (Lipinski definition) is 1. The maximum Gasteiger partial charge on any atom is 0.261 e. The summed E-state index contributed by atoms with van der Waals surface area (Å²) in [5.74, 6) is -0.0513. The monoisotopic (exact) mass is 397 g/mol. The molecule has 1 saturated heterocycles. The lowest BCUT2D eigenvalue weighted by atomic mass is 10.1. The first-order chi connectivity index (χ1) is 13.7. The highest BCUT2D eigenvalue weighted by Crippen LogP contribution is 2.39. The van der Waals surface area contributed by atoms with Crippen LogP contribution >= 0.6 is 11.3 Å². The fraction of sp³-hybridized carbons (Fsp3) is 0.350. The largest absolute Gasteiger partial charge is 0.378 e. The van der Waals surface area contributed by atoms with Crippen molar-refractivity contribution < 1.29 is 9.53 Å². The van der Waals surface area contributed by atoms with Gasteiger partial charge in [-0.1, -0.05) is 0 Å². The molecule has 0 saturated carbocycles. The topological polar surface area (TPSA) is 72.3 Å². The lowest BCUT2D eigenvalue weighted by molar-refractivity contribution is 0.0956. The number of thiophene rings is 1. The molecule has 3 aromatic rings. The molecular formula is C20H23N5O2S. The molecule has 1 fully saturated rings. The Balaban J connectivity index is 1.52. The molecule has 0 bridgehead atoms. The summed E-state index contributed by atoms with van der Waals surface area (Å²) in [7, 11) is 0. The molecule has 4 heterocycles. The summed E-state index contributed by atoms with van der Waals surface area (Å²) >= 11 is 1.54. The van der Waals surface area contributed by atoms with Crippen LogP contribution in [0.5, 0.6) is 0 Å². The second kappa shape index (κ2) is 8.53. The lowest BCUT2D eigenvalue weighted by Gasteiger charge is -2.28. The molecular weight excluding hydrogens is 374 g/mol. The molecule has 0 spiro atoms. The fourth-order valence-corrected chi connectivity index (χ4v) is 4.38. The van der Waals surface area contributed by atoms with Crippen LogP contribution < -0.4 is 10.2 Å². The normalized spacial score (nSPS) is 14.2. The maximum atomic E-state index is 12.8. The van der Waals surface area contributed by atoms with Gasteiger partial charge in [0.2, 0.25) is 0 Å². The third-order valence-electron chi connectivity index (χ3n) is 4.76. The van der Waals surface area contributed by atoms with Crippen LogP contribution in [0.2, 0.25) is 0 Å². The fourth-order valence-electron chi connectivity index (χ4n) is 3.23. The maximum absolute atomic E-state index is 12.8. The highest BCUT2D eigenvalue weighted by atomic mass is 32.1. The van der Waals surface area contributed by atoms with Crippen molar-refractivity contribution in [2.24, 2.45) is 0 Å². The molecule has 4 rings (SSSR count). The number of nitrogens with zero attached hydrogens (tertiary/aromatic N) is 4. The number of anilines is 1. The van der Waals surface area contributed by atoms with E-state index in [1.165, 1.54) is 11.3 Å². The molecule has 0 radical (unpaired) electrons. The first-order valence-electron chi connectivity index (χ1n) is 9.36. The molecule has 0 aromatic carbocycles. The number of aromatic nitrogens is 3. The standard InChI is InChI=1S/C20H23N5O2S/c1-15-2-7-23-25(15)9-8-22-19(26)18-14-17(16-3-5-21-6-4-16)20(28-18)24-10-12-27-13-11-24/h2-7,14H,8-13H2,1H3,(H,22,26). The zero-order valence-corrected chi connectivity index (χ0v) is 16.6. The minimum absolute atomic E-state index is 0.0513. The molecule has 1 aliphatic heterocycles. The summed E-state index contributed by atoms with van der Waals surface area (Å²) in [6, 6.07) is 7.90. The van der Waals surface area contributed by atoms with E-state index in [2.05, 4.69) is 20.3 Å². The number of amides is 1. The molecule has 28 heavy (non-hydrogen) atoms. The Morgan fingerprint density at radius 2 is 2.00 bits per heavy atom. The summed E-state index contributed by atoms with van der Waals surface area (Å²) < 4.78 is 7.37. The van der Waals surface area contributed by atoms with Gasteiger partial charge in [-0.2, -0.15) is 5.10 Å². The summed E-state index contributed by atoms with van der Waals surface area (Å²) in [5.41, 5.74) is 3.22. The van der Waals surface area contributed by atoms with Crippen molar-refractivity contribution in [2.45, 2.75) is 13.5 Å². The van der Waals surface area contributed by atoms with E-state index < -0.39 is 0 Å². The second-order valence-electron chi connectivity index (χ2n) is 6.62. The van der Waals surface area contributed by atoms with Crippen LogP contribution in [0.25, 0.3) is 11.1 Å². The summed E-state index contributed by atoms with van der Waals surface area (Å²) in [6.07, 6.45) is 5.33. The lowest BCUT2D eigenvalue weighted by Crippen LogP contribution is -2.35. The van der Waals surface area contributed by atoms with Crippen molar-refractivity contribution in [3.8, 4) is 11.1 Å². The molecule has 7 nitrogen and oxygen atoms in total. The number of carbonyl (C=O) groups excluding carboxylic acids is 1. The Hall–Kier alpha value is -2.71. The minimum Gasteiger partial charge on any atom is -0.378 e. The summed E-state index contributed by atoms with van der Waals surface area (Å²) in [6.45, 7) is 6.28. The molecule has 0 atom stereocenters. The quantitative estimate of drug-likeness (QED) is 0.692.